The van der Waals surface area contributed by atoms with E-state index in [4.69, 9.17) is 9.84 Å². The third kappa shape index (κ3) is 4.71. The quantitative estimate of drug-likeness (QED) is 0.760. The number of carbonyl (C=O) groups is 1. The van der Waals surface area contributed by atoms with Crippen LogP contribution in [0.25, 0.3) is 0 Å². The molecule has 9 heteroatoms. The zero-order valence-corrected chi connectivity index (χ0v) is 11.7. The Morgan fingerprint density at radius 3 is 3.05 bits per heavy atom. The van der Waals surface area contributed by atoms with E-state index in [9.17, 15) is 4.79 Å². The third-order valence-electron chi connectivity index (χ3n) is 2.30. The van der Waals surface area contributed by atoms with E-state index in [1.54, 1.807) is 18.5 Å². The van der Waals surface area contributed by atoms with Crippen molar-refractivity contribution in [3.63, 3.8) is 0 Å². The molecule has 2 N–H and O–H groups in total. The molecule has 21 heavy (non-hydrogen) atoms. The van der Waals surface area contributed by atoms with Crippen LogP contribution in [0.2, 0.25) is 0 Å². The fourth-order valence-electron chi connectivity index (χ4n) is 1.54. The van der Waals surface area contributed by atoms with Gasteiger partial charge in [-0.05, 0) is 13.8 Å². The highest BCUT2D eigenvalue weighted by atomic mass is 16.5. The second-order valence-corrected chi connectivity index (χ2v) is 4.54. The van der Waals surface area contributed by atoms with Gasteiger partial charge in [-0.25, -0.2) is 9.67 Å². The van der Waals surface area contributed by atoms with Crippen molar-refractivity contribution in [1.29, 1.82) is 0 Å². The maximum absolute atomic E-state index is 10.5. The Balaban J connectivity index is 1.93. The summed E-state index contributed by atoms with van der Waals surface area (Å²) >= 11 is 0. The Morgan fingerprint density at radius 1 is 1.52 bits per heavy atom. The SMILES string of the molecule is CC(C)Oc1ccnc(NCc2cn(CC(=O)O)nn2)n1. The van der Waals surface area contributed by atoms with Crippen LogP contribution in [0.4, 0.5) is 5.95 Å². The Labute approximate surface area is 121 Å². The maximum atomic E-state index is 10.5. The molecular weight excluding hydrogens is 276 g/mol. The van der Waals surface area contributed by atoms with Gasteiger partial charge in [-0.15, -0.1) is 5.10 Å². The van der Waals surface area contributed by atoms with Gasteiger partial charge in [0.05, 0.1) is 18.8 Å². The van der Waals surface area contributed by atoms with Gasteiger partial charge in [0.25, 0.3) is 0 Å². The number of nitrogens with one attached hydrogen (secondary N) is 1. The van der Waals surface area contributed by atoms with E-state index in [0.717, 1.165) is 0 Å². The molecule has 2 heterocycles. The molecule has 2 aromatic heterocycles. The van der Waals surface area contributed by atoms with Crippen LogP contribution in [0, 0.1) is 0 Å². The largest absolute Gasteiger partial charge is 0.480 e. The van der Waals surface area contributed by atoms with Gasteiger partial charge in [0.2, 0.25) is 11.8 Å². The number of aromatic nitrogens is 5. The van der Waals surface area contributed by atoms with E-state index in [1.165, 1.54) is 4.68 Å². The summed E-state index contributed by atoms with van der Waals surface area (Å²) in [4.78, 5) is 18.8. The lowest BCUT2D eigenvalue weighted by Gasteiger charge is -2.09. The van der Waals surface area contributed by atoms with Crippen molar-refractivity contribution < 1.29 is 14.6 Å². The van der Waals surface area contributed by atoms with Gasteiger partial charge < -0.3 is 15.2 Å². The number of aliphatic carboxylic acids is 1. The van der Waals surface area contributed by atoms with Gasteiger partial charge in [0.1, 0.15) is 12.2 Å². The number of carboxylic acid groups (broad SMARTS) is 1. The van der Waals surface area contributed by atoms with E-state index in [-0.39, 0.29) is 12.6 Å². The predicted molar refractivity (Wildman–Crippen MR) is 72.8 cm³/mol. The summed E-state index contributed by atoms with van der Waals surface area (Å²) in [7, 11) is 0. The smallest absolute Gasteiger partial charge is 0.325 e. The fourth-order valence-corrected chi connectivity index (χ4v) is 1.54. The summed E-state index contributed by atoms with van der Waals surface area (Å²) in [5.41, 5.74) is 0.593. The molecule has 112 valence electrons. The third-order valence-corrected chi connectivity index (χ3v) is 2.30. The molecule has 0 amide bonds. The van der Waals surface area contributed by atoms with Gasteiger partial charge in [0, 0.05) is 12.3 Å². The lowest BCUT2D eigenvalue weighted by molar-refractivity contribution is -0.137. The number of anilines is 1. The summed E-state index contributed by atoms with van der Waals surface area (Å²) in [6, 6.07) is 1.67. The van der Waals surface area contributed by atoms with Crippen LogP contribution < -0.4 is 10.1 Å². The van der Waals surface area contributed by atoms with E-state index >= 15 is 0 Å². The summed E-state index contributed by atoms with van der Waals surface area (Å²) in [5.74, 6) is -0.0840. The highest BCUT2D eigenvalue weighted by Gasteiger charge is 2.06. The minimum atomic E-state index is -0.971. The molecular formula is C12H16N6O3. The van der Waals surface area contributed by atoms with E-state index in [1.807, 2.05) is 13.8 Å². The minimum absolute atomic E-state index is 0.0312. The zero-order chi connectivity index (χ0) is 15.2. The first-order valence-electron chi connectivity index (χ1n) is 6.37. The number of nitrogens with zero attached hydrogens (tertiary/aromatic N) is 5. The van der Waals surface area contributed by atoms with E-state index in [0.29, 0.717) is 24.1 Å². The average molecular weight is 292 g/mol. The topological polar surface area (TPSA) is 115 Å². The lowest BCUT2D eigenvalue weighted by atomic mass is 10.4. The monoisotopic (exact) mass is 292 g/mol. The normalized spacial score (nSPS) is 10.6. The molecule has 2 aromatic rings. The van der Waals surface area contributed by atoms with E-state index in [2.05, 4.69) is 25.6 Å². The Hall–Kier alpha value is -2.71. The Kier molecular flexibility index (Phi) is 4.64. The Bertz CT molecular complexity index is 613. The maximum Gasteiger partial charge on any atom is 0.325 e. The molecule has 0 atom stereocenters. The second-order valence-electron chi connectivity index (χ2n) is 4.54. The van der Waals surface area contributed by atoms with E-state index < -0.39 is 5.97 Å². The van der Waals surface area contributed by atoms with Crippen LogP contribution >= 0.6 is 0 Å². The van der Waals surface area contributed by atoms with Crippen LogP contribution in [-0.2, 0) is 17.9 Å². The zero-order valence-electron chi connectivity index (χ0n) is 11.7. The molecule has 0 saturated heterocycles. The van der Waals surface area contributed by atoms with Crippen molar-refractivity contribution in [3.05, 3.63) is 24.2 Å². The van der Waals surface area contributed by atoms with Crippen molar-refractivity contribution in [1.82, 2.24) is 25.0 Å². The highest BCUT2D eigenvalue weighted by molar-refractivity contribution is 5.66. The molecule has 0 aromatic carbocycles. The van der Waals surface area contributed by atoms with Crippen LogP contribution in [0.1, 0.15) is 19.5 Å². The van der Waals surface area contributed by atoms with Gasteiger partial charge in [-0.3, -0.25) is 4.79 Å². The summed E-state index contributed by atoms with van der Waals surface area (Å²) in [6.45, 7) is 3.94. The van der Waals surface area contributed by atoms with Crippen LogP contribution in [0.3, 0.4) is 0 Å². The van der Waals surface area contributed by atoms with Gasteiger partial charge in [-0.1, -0.05) is 5.21 Å². The number of carboxylic acids is 1. The number of ether oxygens (including phenoxy) is 1. The minimum Gasteiger partial charge on any atom is -0.480 e. The van der Waals surface area contributed by atoms with Crippen LogP contribution in [0.15, 0.2) is 18.5 Å². The first-order valence-corrected chi connectivity index (χ1v) is 6.37. The van der Waals surface area contributed by atoms with Crippen molar-refractivity contribution in [2.45, 2.75) is 33.0 Å². The fraction of sp³-hybridized carbons (Fsp3) is 0.417. The summed E-state index contributed by atoms with van der Waals surface area (Å²) in [5, 5.41) is 19.2. The summed E-state index contributed by atoms with van der Waals surface area (Å²) in [6.07, 6.45) is 3.17. The molecule has 0 radical (unpaired) electrons. The molecule has 2 rings (SSSR count). The second kappa shape index (κ2) is 6.64. The van der Waals surface area contributed by atoms with Crippen molar-refractivity contribution in [2.75, 3.05) is 5.32 Å². The number of hydrogen-bond donors (Lipinski definition) is 2. The Morgan fingerprint density at radius 2 is 2.33 bits per heavy atom. The molecule has 0 aliphatic heterocycles. The van der Waals surface area contributed by atoms with Crippen LogP contribution in [0.5, 0.6) is 5.88 Å². The molecule has 0 saturated carbocycles. The molecule has 9 nitrogen and oxygen atoms in total. The van der Waals surface area contributed by atoms with Crippen molar-refractivity contribution in [2.24, 2.45) is 0 Å². The molecule has 0 fully saturated rings. The highest BCUT2D eigenvalue weighted by Crippen LogP contribution is 2.10. The van der Waals surface area contributed by atoms with Crippen molar-refractivity contribution in [3.8, 4) is 5.88 Å². The van der Waals surface area contributed by atoms with Crippen molar-refractivity contribution >= 4 is 11.9 Å². The standard InChI is InChI=1S/C12H16N6O3/c1-8(2)21-10-3-4-13-12(15-10)14-5-9-6-18(17-16-9)7-11(19)20/h3-4,6,8H,5,7H2,1-2H3,(H,19,20)(H,13,14,15). The van der Waals surface area contributed by atoms with Crippen LogP contribution in [-0.4, -0.2) is 42.1 Å². The van der Waals surface area contributed by atoms with Gasteiger partial charge in [0.15, 0.2) is 0 Å². The molecule has 0 spiro atoms. The summed E-state index contributed by atoms with van der Waals surface area (Å²) < 4.78 is 6.71. The lowest BCUT2D eigenvalue weighted by Crippen LogP contribution is -2.09. The molecule has 0 aliphatic carbocycles. The molecule has 0 aliphatic rings. The number of rotatable bonds is 7. The number of hydrogen-bond acceptors (Lipinski definition) is 7. The predicted octanol–water partition coefficient (Wildman–Crippen LogP) is 0.552. The van der Waals surface area contributed by atoms with Gasteiger partial charge in [-0.2, -0.15) is 4.98 Å². The van der Waals surface area contributed by atoms with Gasteiger partial charge >= 0.3 is 5.97 Å². The first-order chi connectivity index (χ1) is 10.0. The average Bonchev–Trinajstić information content (AvgIpc) is 2.83. The molecule has 0 unspecified atom stereocenters. The first kappa shape index (κ1) is 14.7. The molecule has 0 bridgehead atoms.